The number of carbonyl (C=O) groups is 1. The molecule has 0 saturated carbocycles. The summed E-state index contributed by atoms with van der Waals surface area (Å²) >= 11 is 13.6. The van der Waals surface area contributed by atoms with Crippen molar-refractivity contribution in [2.24, 2.45) is 0 Å². The van der Waals surface area contributed by atoms with Crippen LogP contribution in [0.3, 0.4) is 0 Å². The van der Waals surface area contributed by atoms with Crippen molar-refractivity contribution in [2.75, 3.05) is 32.8 Å². The predicted octanol–water partition coefficient (Wildman–Crippen LogP) is 4.84. The van der Waals surface area contributed by atoms with Crippen LogP contribution >= 0.6 is 34.5 Å². The number of piperazine rings is 1. The number of aromatic nitrogens is 1. The van der Waals surface area contributed by atoms with Gasteiger partial charge in [0.15, 0.2) is 6.61 Å². The Morgan fingerprint density at radius 3 is 2.57 bits per heavy atom. The highest BCUT2D eigenvalue weighted by Gasteiger charge is 2.22. The minimum Gasteiger partial charge on any atom is -0.482 e. The molecule has 2 aromatic carbocycles. The Morgan fingerprint density at radius 2 is 1.83 bits per heavy atom. The highest BCUT2D eigenvalue weighted by Crippen LogP contribution is 2.27. The van der Waals surface area contributed by atoms with Crippen LogP contribution in [0.5, 0.6) is 5.75 Å². The number of hydrogen-bond donors (Lipinski definition) is 0. The summed E-state index contributed by atoms with van der Waals surface area (Å²) in [5, 5.41) is 4.09. The third kappa shape index (κ3) is 5.32. The highest BCUT2D eigenvalue weighted by molar-refractivity contribution is 7.13. The molecule has 8 heteroatoms. The monoisotopic (exact) mass is 461 g/mol. The van der Waals surface area contributed by atoms with Gasteiger partial charge in [0.2, 0.25) is 0 Å². The summed E-state index contributed by atoms with van der Waals surface area (Å²) in [4.78, 5) is 21.4. The Kier molecular flexibility index (Phi) is 6.89. The molecule has 1 amide bonds. The molecule has 0 aliphatic carbocycles. The number of benzene rings is 2. The quantitative estimate of drug-likeness (QED) is 0.526. The summed E-state index contributed by atoms with van der Waals surface area (Å²) in [6.45, 7) is 3.73. The van der Waals surface area contributed by atoms with E-state index in [2.05, 4.69) is 22.4 Å². The van der Waals surface area contributed by atoms with E-state index in [1.54, 1.807) is 29.5 Å². The largest absolute Gasteiger partial charge is 0.482 e. The van der Waals surface area contributed by atoms with E-state index in [0.717, 1.165) is 35.9 Å². The molecule has 5 nitrogen and oxygen atoms in total. The molecule has 3 aromatic rings. The van der Waals surface area contributed by atoms with Gasteiger partial charge in [0, 0.05) is 48.7 Å². The van der Waals surface area contributed by atoms with E-state index in [1.807, 2.05) is 23.1 Å². The van der Waals surface area contributed by atoms with Gasteiger partial charge in [-0.1, -0.05) is 53.5 Å². The molecule has 0 unspecified atom stereocenters. The van der Waals surface area contributed by atoms with Crippen LogP contribution < -0.4 is 4.74 Å². The molecule has 0 atom stereocenters. The molecule has 1 saturated heterocycles. The van der Waals surface area contributed by atoms with Crippen molar-refractivity contribution in [1.29, 1.82) is 0 Å². The number of halogens is 2. The van der Waals surface area contributed by atoms with E-state index in [4.69, 9.17) is 32.9 Å². The van der Waals surface area contributed by atoms with Gasteiger partial charge in [0.25, 0.3) is 5.91 Å². The Balaban J connectivity index is 1.25. The summed E-state index contributed by atoms with van der Waals surface area (Å²) < 4.78 is 5.57. The molecule has 1 fully saturated rings. The Labute approximate surface area is 189 Å². The van der Waals surface area contributed by atoms with Gasteiger partial charge in [0.05, 0.1) is 10.7 Å². The van der Waals surface area contributed by atoms with Crippen LogP contribution in [0.1, 0.15) is 5.69 Å². The van der Waals surface area contributed by atoms with E-state index in [9.17, 15) is 4.79 Å². The normalized spacial score (nSPS) is 14.7. The molecule has 0 spiro atoms. The summed E-state index contributed by atoms with van der Waals surface area (Å²) in [6.07, 6.45) is 0. The predicted molar refractivity (Wildman–Crippen MR) is 121 cm³/mol. The highest BCUT2D eigenvalue weighted by atomic mass is 35.5. The zero-order chi connectivity index (χ0) is 20.9. The summed E-state index contributed by atoms with van der Waals surface area (Å²) in [6, 6.07) is 15.2. The third-order valence-corrected chi connectivity index (χ3v) is 6.40. The molecule has 30 heavy (non-hydrogen) atoms. The van der Waals surface area contributed by atoms with E-state index >= 15 is 0 Å². The lowest BCUT2D eigenvalue weighted by atomic mass is 10.2. The van der Waals surface area contributed by atoms with E-state index in [0.29, 0.717) is 28.9 Å². The smallest absolute Gasteiger partial charge is 0.260 e. The average Bonchev–Trinajstić information content (AvgIpc) is 3.22. The Bertz CT molecular complexity index is 1000. The third-order valence-electron chi connectivity index (χ3n) is 4.93. The second-order valence-corrected chi connectivity index (χ2v) is 8.73. The second kappa shape index (κ2) is 9.79. The zero-order valence-electron chi connectivity index (χ0n) is 16.3. The van der Waals surface area contributed by atoms with Gasteiger partial charge in [-0.15, -0.1) is 11.3 Å². The van der Waals surface area contributed by atoms with Crippen molar-refractivity contribution in [3.05, 3.63) is 69.7 Å². The average molecular weight is 462 g/mol. The van der Waals surface area contributed by atoms with Gasteiger partial charge in [-0.05, 0) is 18.2 Å². The van der Waals surface area contributed by atoms with Gasteiger partial charge < -0.3 is 9.64 Å². The van der Waals surface area contributed by atoms with E-state index < -0.39 is 0 Å². The van der Waals surface area contributed by atoms with Gasteiger partial charge >= 0.3 is 0 Å². The number of carbonyl (C=O) groups excluding carboxylic acids is 1. The van der Waals surface area contributed by atoms with Crippen molar-refractivity contribution < 1.29 is 9.53 Å². The molecular formula is C22H21Cl2N3O2S. The SMILES string of the molecule is O=C(COc1ccc(Cl)cc1Cl)N1CCN(Cc2csc(-c3ccccc3)n2)CC1. The molecule has 1 aromatic heterocycles. The minimum atomic E-state index is -0.0410. The fourth-order valence-corrected chi connectivity index (χ4v) is 4.58. The second-order valence-electron chi connectivity index (χ2n) is 7.03. The van der Waals surface area contributed by atoms with Crippen molar-refractivity contribution in [3.63, 3.8) is 0 Å². The van der Waals surface area contributed by atoms with Gasteiger partial charge in [0.1, 0.15) is 10.8 Å². The van der Waals surface area contributed by atoms with E-state index in [1.165, 1.54) is 0 Å². The fourth-order valence-electron chi connectivity index (χ4n) is 3.30. The molecule has 4 rings (SSSR count). The molecule has 2 heterocycles. The number of hydrogen-bond acceptors (Lipinski definition) is 5. The van der Waals surface area contributed by atoms with Crippen molar-refractivity contribution in [3.8, 4) is 16.3 Å². The van der Waals surface area contributed by atoms with Gasteiger partial charge in [-0.2, -0.15) is 0 Å². The summed E-state index contributed by atoms with van der Waals surface area (Å²) in [5.74, 6) is 0.423. The topological polar surface area (TPSA) is 45.7 Å². The van der Waals surface area contributed by atoms with Crippen molar-refractivity contribution >= 4 is 40.4 Å². The maximum absolute atomic E-state index is 12.5. The number of nitrogens with zero attached hydrogens (tertiary/aromatic N) is 3. The Morgan fingerprint density at radius 1 is 1.07 bits per heavy atom. The van der Waals surface area contributed by atoms with Crippen LogP contribution in [-0.4, -0.2) is 53.5 Å². The zero-order valence-corrected chi connectivity index (χ0v) is 18.6. The first-order valence-corrected chi connectivity index (χ1v) is 11.3. The minimum absolute atomic E-state index is 0.0339. The maximum atomic E-state index is 12.5. The first-order valence-electron chi connectivity index (χ1n) is 9.66. The lowest BCUT2D eigenvalue weighted by Crippen LogP contribution is -2.49. The number of thiazole rings is 1. The standard InChI is InChI=1S/C22H21Cl2N3O2S/c23-17-6-7-20(19(24)12-17)29-14-21(28)27-10-8-26(9-11-27)13-18-15-30-22(25-18)16-4-2-1-3-5-16/h1-7,12,15H,8-11,13-14H2. The van der Waals surface area contributed by atoms with Crippen LogP contribution in [0.2, 0.25) is 10.0 Å². The lowest BCUT2D eigenvalue weighted by molar-refractivity contribution is -0.135. The summed E-state index contributed by atoms with van der Waals surface area (Å²) in [7, 11) is 0. The number of amides is 1. The van der Waals surface area contributed by atoms with Crippen LogP contribution in [0.4, 0.5) is 0 Å². The van der Waals surface area contributed by atoms with Crippen LogP contribution in [0.15, 0.2) is 53.9 Å². The molecule has 0 N–H and O–H groups in total. The lowest BCUT2D eigenvalue weighted by Gasteiger charge is -2.34. The molecule has 156 valence electrons. The van der Waals surface area contributed by atoms with Crippen LogP contribution in [-0.2, 0) is 11.3 Å². The first kappa shape index (κ1) is 21.1. The molecule has 1 aliphatic heterocycles. The van der Waals surface area contributed by atoms with Crippen molar-refractivity contribution in [1.82, 2.24) is 14.8 Å². The molecule has 0 radical (unpaired) electrons. The maximum Gasteiger partial charge on any atom is 0.260 e. The van der Waals surface area contributed by atoms with E-state index in [-0.39, 0.29) is 12.5 Å². The molecular weight excluding hydrogens is 441 g/mol. The van der Waals surface area contributed by atoms with Gasteiger partial charge in [-0.3, -0.25) is 9.69 Å². The van der Waals surface area contributed by atoms with Crippen LogP contribution in [0.25, 0.3) is 10.6 Å². The van der Waals surface area contributed by atoms with Gasteiger partial charge in [-0.25, -0.2) is 4.98 Å². The number of rotatable bonds is 6. The molecule has 1 aliphatic rings. The summed E-state index contributed by atoms with van der Waals surface area (Å²) in [5.41, 5.74) is 2.21. The molecule has 0 bridgehead atoms. The van der Waals surface area contributed by atoms with Crippen molar-refractivity contribution in [2.45, 2.75) is 6.54 Å². The fraction of sp³-hybridized carbons (Fsp3) is 0.273. The van der Waals surface area contributed by atoms with Crippen LogP contribution in [0, 0.1) is 0 Å². The Hall–Kier alpha value is -2.12. The first-order chi connectivity index (χ1) is 14.6. The number of ether oxygens (including phenoxy) is 1.